The van der Waals surface area contributed by atoms with Gasteiger partial charge in [-0.1, -0.05) is 6.92 Å². The topological polar surface area (TPSA) is 66.5 Å². The predicted octanol–water partition coefficient (Wildman–Crippen LogP) is 2.41. The van der Waals surface area contributed by atoms with Gasteiger partial charge in [-0.15, -0.1) is 11.3 Å². The highest BCUT2D eigenvalue weighted by atomic mass is 79.9. The van der Waals surface area contributed by atoms with E-state index in [2.05, 4.69) is 21.2 Å². The quantitative estimate of drug-likeness (QED) is 0.673. The summed E-state index contributed by atoms with van der Waals surface area (Å²) in [5.41, 5.74) is -0.895. The SMILES string of the molecule is CC[C@@]1(C)NC(=O)N(CC(=O)c2ccc(Br)s2)C1=O. The molecule has 0 bridgehead atoms. The zero-order valence-corrected chi connectivity index (χ0v) is 12.9. The van der Waals surface area contributed by atoms with Crippen molar-refractivity contribution in [3.8, 4) is 0 Å². The van der Waals surface area contributed by atoms with Gasteiger partial charge in [0.2, 0.25) is 0 Å². The Bertz CT molecular complexity index is 557. The van der Waals surface area contributed by atoms with Gasteiger partial charge in [0.25, 0.3) is 5.91 Å². The number of hydrogen-bond acceptors (Lipinski definition) is 4. The molecule has 5 nitrogen and oxygen atoms in total. The van der Waals surface area contributed by atoms with Crippen molar-refractivity contribution in [1.82, 2.24) is 10.2 Å². The van der Waals surface area contributed by atoms with E-state index >= 15 is 0 Å². The Balaban J connectivity index is 2.14. The van der Waals surface area contributed by atoms with Crippen LogP contribution in [0.15, 0.2) is 15.9 Å². The van der Waals surface area contributed by atoms with E-state index in [0.717, 1.165) is 8.69 Å². The lowest BCUT2D eigenvalue weighted by Gasteiger charge is -2.18. The standard InChI is InChI=1S/C12H13BrN2O3S/c1-3-12(2)10(17)15(11(18)14-12)6-7(16)8-4-5-9(13)19-8/h4-5H,3,6H2,1-2H3,(H,14,18)/t12-/m1/s1. The van der Waals surface area contributed by atoms with Crippen LogP contribution in [0.3, 0.4) is 0 Å². The number of ketones is 1. The molecule has 1 fully saturated rings. The minimum Gasteiger partial charge on any atom is -0.323 e. The molecule has 0 aromatic carbocycles. The first-order valence-corrected chi connectivity index (χ1v) is 7.41. The van der Waals surface area contributed by atoms with Gasteiger partial charge in [0.05, 0.1) is 15.2 Å². The number of nitrogens with zero attached hydrogens (tertiary/aromatic N) is 1. The Kier molecular flexibility index (Phi) is 3.78. The third-order valence-electron chi connectivity index (χ3n) is 3.20. The maximum Gasteiger partial charge on any atom is 0.325 e. The lowest BCUT2D eigenvalue weighted by molar-refractivity contribution is -0.130. The lowest BCUT2D eigenvalue weighted by atomic mass is 9.99. The molecule has 1 N–H and O–H groups in total. The Labute approximate surface area is 123 Å². The number of carbonyl (C=O) groups excluding carboxylic acids is 3. The van der Waals surface area contributed by atoms with E-state index in [9.17, 15) is 14.4 Å². The molecule has 1 saturated heterocycles. The number of Topliss-reactive ketones (excluding diaryl/α,β-unsaturated/α-hetero) is 1. The number of carbonyl (C=O) groups is 3. The molecule has 0 spiro atoms. The summed E-state index contributed by atoms with van der Waals surface area (Å²) in [5, 5.41) is 2.62. The lowest BCUT2D eigenvalue weighted by Crippen LogP contribution is -2.43. The van der Waals surface area contributed by atoms with Crippen molar-refractivity contribution in [1.29, 1.82) is 0 Å². The van der Waals surface area contributed by atoms with Crippen LogP contribution in [-0.4, -0.2) is 34.7 Å². The van der Waals surface area contributed by atoms with Crippen molar-refractivity contribution in [2.45, 2.75) is 25.8 Å². The third kappa shape index (κ3) is 2.57. The second kappa shape index (κ2) is 5.05. The molecule has 1 atom stereocenters. The van der Waals surface area contributed by atoms with Crippen LogP contribution in [0.4, 0.5) is 4.79 Å². The van der Waals surface area contributed by atoms with Crippen LogP contribution in [0.2, 0.25) is 0 Å². The normalized spacial score (nSPS) is 22.8. The van der Waals surface area contributed by atoms with Crippen molar-refractivity contribution in [2.24, 2.45) is 0 Å². The number of amides is 3. The maximum atomic E-state index is 12.1. The summed E-state index contributed by atoms with van der Waals surface area (Å²) < 4.78 is 0.839. The Morgan fingerprint density at radius 2 is 2.16 bits per heavy atom. The summed E-state index contributed by atoms with van der Waals surface area (Å²) in [6.45, 7) is 3.27. The fourth-order valence-electron chi connectivity index (χ4n) is 1.82. The van der Waals surface area contributed by atoms with Crippen molar-refractivity contribution < 1.29 is 14.4 Å². The molecule has 1 aromatic heterocycles. The number of nitrogens with one attached hydrogen (secondary N) is 1. The van der Waals surface area contributed by atoms with Crippen LogP contribution in [0.5, 0.6) is 0 Å². The number of imide groups is 1. The molecule has 0 aliphatic carbocycles. The zero-order chi connectivity index (χ0) is 14.2. The van der Waals surface area contributed by atoms with Gasteiger partial charge in [-0.3, -0.25) is 14.5 Å². The molecular formula is C12H13BrN2O3S. The first-order chi connectivity index (χ1) is 8.87. The molecule has 2 rings (SSSR count). The summed E-state index contributed by atoms with van der Waals surface area (Å²) in [4.78, 5) is 37.4. The molecule has 2 heterocycles. The molecule has 7 heteroatoms. The largest absolute Gasteiger partial charge is 0.325 e. The van der Waals surface area contributed by atoms with Crippen LogP contribution in [0, 0.1) is 0 Å². The average molecular weight is 345 g/mol. The molecule has 1 aliphatic heterocycles. The third-order valence-corrected chi connectivity index (χ3v) is 4.87. The van der Waals surface area contributed by atoms with E-state index in [4.69, 9.17) is 0 Å². The van der Waals surface area contributed by atoms with E-state index in [1.54, 1.807) is 19.1 Å². The van der Waals surface area contributed by atoms with Crippen LogP contribution < -0.4 is 5.32 Å². The number of rotatable bonds is 4. The highest BCUT2D eigenvalue weighted by molar-refractivity contribution is 9.11. The molecule has 3 amide bonds. The number of halogens is 1. The molecule has 1 aliphatic rings. The van der Waals surface area contributed by atoms with Crippen molar-refractivity contribution >= 4 is 45.0 Å². The van der Waals surface area contributed by atoms with Gasteiger partial charge < -0.3 is 5.32 Å². The second-order valence-electron chi connectivity index (χ2n) is 4.53. The molecule has 0 radical (unpaired) electrons. The summed E-state index contributed by atoms with van der Waals surface area (Å²) >= 11 is 4.56. The minimum absolute atomic E-state index is 0.215. The van der Waals surface area contributed by atoms with E-state index in [1.165, 1.54) is 11.3 Å². The molecular weight excluding hydrogens is 332 g/mol. The van der Waals surface area contributed by atoms with Gasteiger partial charge in [0.15, 0.2) is 5.78 Å². The zero-order valence-electron chi connectivity index (χ0n) is 10.5. The molecule has 19 heavy (non-hydrogen) atoms. The van der Waals surface area contributed by atoms with Gasteiger partial charge in [0, 0.05) is 0 Å². The van der Waals surface area contributed by atoms with Gasteiger partial charge in [0.1, 0.15) is 5.54 Å². The summed E-state index contributed by atoms with van der Waals surface area (Å²) in [6, 6.07) is 2.94. The molecule has 0 saturated carbocycles. The summed E-state index contributed by atoms with van der Waals surface area (Å²) in [7, 11) is 0. The first kappa shape index (κ1) is 14.2. The Morgan fingerprint density at radius 3 is 2.63 bits per heavy atom. The number of thiophene rings is 1. The van der Waals surface area contributed by atoms with E-state index < -0.39 is 11.6 Å². The number of hydrogen-bond donors (Lipinski definition) is 1. The van der Waals surface area contributed by atoms with E-state index in [1.807, 2.05) is 6.92 Å². The smallest absolute Gasteiger partial charge is 0.323 e. The summed E-state index contributed by atoms with van der Waals surface area (Å²) in [6.07, 6.45) is 0.493. The highest BCUT2D eigenvalue weighted by Crippen LogP contribution is 2.24. The van der Waals surface area contributed by atoms with Gasteiger partial charge >= 0.3 is 6.03 Å². The van der Waals surface area contributed by atoms with Gasteiger partial charge in [-0.25, -0.2) is 4.79 Å². The Hall–Kier alpha value is -1.21. The van der Waals surface area contributed by atoms with E-state index in [-0.39, 0.29) is 18.2 Å². The van der Waals surface area contributed by atoms with Gasteiger partial charge in [-0.05, 0) is 41.4 Å². The van der Waals surface area contributed by atoms with Crippen molar-refractivity contribution in [2.75, 3.05) is 6.54 Å². The monoisotopic (exact) mass is 344 g/mol. The fourth-order valence-corrected chi connectivity index (χ4v) is 3.13. The van der Waals surface area contributed by atoms with Crippen LogP contribution in [0.1, 0.15) is 29.9 Å². The molecule has 1 aromatic rings. The van der Waals surface area contributed by atoms with Gasteiger partial charge in [-0.2, -0.15) is 0 Å². The average Bonchev–Trinajstić information content (AvgIpc) is 2.88. The maximum absolute atomic E-state index is 12.1. The van der Waals surface area contributed by atoms with Crippen LogP contribution >= 0.6 is 27.3 Å². The molecule has 0 unspecified atom stereocenters. The first-order valence-electron chi connectivity index (χ1n) is 5.80. The number of urea groups is 1. The van der Waals surface area contributed by atoms with Crippen LogP contribution in [-0.2, 0) is 4.79 Å². The molecule has 102 valence electrons. The second-order valence-corrected chi connectivity index (χ2v) is 7.00. The van der Waals surface area contributed by atoms with Crippen molar-refractivity contribution in [3.05, 3.63) is 20.8 Å². The van der Waals surface area contributed by atoms with Crippen molar-refractivity contribution in [3.63, 3.8) is 0 Å². The van der Waals surface area contributed by atoms with E-state index in [0.29, 0.717) is 11.3 Å². The van der Waals surface area contributed by atoms with Crippen LogP contribution in [0.25, 0.3) is 0 Å². The highest BCUT2D eigenvalue weighted by Gasteiger charge is 2.47. The Morgan fingerprint density at radius 1 is 1.47 bits per heavy atom. The summed E-state index contributed by atoms with van der Waals surface area (Å²) in [5.74, 6) is -0.580. The fraction of sp³-hybridized carbons (Fsp3) is 0.417. The minimum atomic E-state index is -0.895. The predicted molar refractivity (Wildman–Crippen MR) is 75.3 cm³/mol.